The Morgan fingerprint density at radius 2 is 1.97 bits per heavy atom. The number of H-pyrrole nitrogens is 1. The smallest absolute Gasteiger partial charge is 0.203 e. The summed E-state index contributed by atoms with van der Waals surface area (Å²) >= 11 is 0. The number of ether oxygens (including phenoxy) is 4. The van der Waals surface area contributed by atoms with Crippen LogP contribution in [-0.4, -0.2) is 79.2 Å². The Labute approximate surface area is 205 Å². The Bertz CT molecular complexity index is 1350. The van der Waals surface area contributed by atoms with Gasteiger partial charge in [-0.25, -0.2) is 13.8 Å². The van der Waals surface area contributed by atoms with Crippen molar-refractivity contribution in [3.63, 3.8) is 0 Å². The van der Waals surface area contributed by atoms with Gasteiger partial charge in [-0.3, -0.25) is 4.99 Å². The van der Waals surface area contributed by atoms with E-state index in [2.05, 4.69) is 15.0 Å². The third-order valence-corrected chi connectivity index (χ3v) is 6.78. The van der Waals surface area contributed by atoms with Crippen LogP contribution in [0.5, 0.6) is 5.88 Å². The molecular weight excluding hydrogens is 472 g/mol. The second kappa shape index (κ2) is 9.36. The number of hydrogen-bond donors (Lipinski definition) is 2. The lowest BCUT2D eigenvalue weighted by Gasteiger charge is -2.17. The number of aromatic nitrogens is 2. The molecule has 2 aromatic heterocycles. The van der Waals surface area contributed by atoms with Crippen molar-refractivity contribution in [1.82, 2.24) is 9.97 Å². The van der Waals surface area contributed by atoms with Crippen LogP contribution < -0.4 is 4.74 Å². The third kappa shape index (κ3) is 4.00. The van der Waals surface area contributed by atoms with E-state index in [4.69, 9.17) is 18.9 Å². The molecule has 0 radical (unpaired) electrons. The zero-order chi connectivity index (χ0) is 24.8. The summed E-state index contributed by atoms with van der Waals surface area (Å²) in [6.07, 6.45) is 2.07. The summed E-state index contributed by atoms with van der Waals surface area (Å²) in [5.41, 5.74) is 2.96. The predicted molar refractivity (Wildman–Crippen MR) is 128 cm³/mol. The van der Waals surface area contributed by atoms with Crippen molar-refractivity contribution in [3.05, 3.63) is 53.1 Å². The zero-order valence-corrected chi connectivity index (χ0v) is 19.5. The highest BCUT2D eigenvalue weighted by atomic mass is 19.1. The summed E-state index contributed by atoms with van der Waals surface area (Å²) in [5.74, 6) is -0.983. The molecule has 0 aliphatic carbocycles. The first-order valence-electron chi connectivity index (χ1n) is 11.8. The van der Waals surface area contributed by atoms with Gasteiger partial charge in [0.15, 0.2) is 6.10 Å². The van der Waals surface area contributed by atoms with E-state index in [1.54, 1.807) is 25.4 Å². The van der Waals surface area contributed by atoms with Crippen molar-refractivity contribution in [3.8, 4) is 17.1 Å². The maximum absolute atomic E-state index is 15.2. The van der Waals surface area contributed by atoms with Crippen molar-refractivity contribution in [1.29, 1.82) is 0 Å². The summed E-state index contributed by atoms with van der Waals surface area (Å²) < 4.78 is 53.1. The van der Waals surface area contributed by atoms with Crippen LogP contribution in [0.2, 0.25) is 0 Å². The minimum atomic E-state index is -0.689. The number of aromatic amines is 1. The molecule has 0 spiro atoms. The Balaban J connectivity index is 1.36. The monoisotopic (exact) mass is 497 g/mol. The SMILES string of the molecule is CN=Cc1c(O[C@@H]2COC3[C@H](O)CO[C@@H]32)[nH]c2ccc(-c3c(F)cc(C4=CCOCC4)cc3F)nc12. The van der Waals surface area contributed by atoms with Crippen LogP contribution in [0.1, 0.15) is 17.5 Å². The van der Waals surface area contributed by atoms with Gasteiger partial charge in [-0.2, -0.15) is 0 Å². The van der Waals surface area contributed by atoms with Gasteiger partial charge in [-0.15, -0.1) is 0 Å². The van der Waals surface area contributed by atoms with Crippen LogP contribution in [-0.2, 0) is 14.2 Å². The first-order valence-corrected chi connectivity index (χ1v) is 11.8. The highest BCUT2D eigenvalue weighted by Gasteiger charge is 2.48. The van der Waals surface area contributed by atoms with E-state index in [9.17, 15) is 5.11 Å². The van der Waals surface area contributed by atoms with Gasteiger partial charge in [-0.05, 0) is 41.8 Å². The fourth-order valence-corrected chi connectivity index (χ4v) is 5.03. The molecule has 0 amide bonds. The minimum absolute atomic E-state index is 0.160. The maximum atomic E-state index is 15.2. The van der Waals surface area contributed by atoms with E-state index in [0.717, 1.165) is 5.57 Å². The Morgan fingerprint density at radius 1 is 1.17 bits per heavy atom. The van der Waals surface area contributed by atoms with Gasteiger partial charge >= 0.3 is 0 Å². The lowest BCUT2D eigenvalue weighted by Crippen LogP contribution is -2.34. The number of rotatable bonds is 5. The molecule has 1 aromatic carbocycles. The molecule has 10 heteroatoms. The maximum Gasteiger partial charge on any atom is 0.203 e. The molecule has 2 saturated heterocycles. The lowest BCUT2D eigenvalue weighted by molar-refractivity contribution is 0.00792. The summed E-state index contributed by atoms with van der Waals surface area (Å²) in [7, 11) is 1.61. The highest BCUT2D eigenvalue weighted by molar-refractivity contribution is 6.00. The Morgan fingerprint density at radius 3 is 2.72 bits per heavy atom. The van der Waals surface area contributed by atoms with Gasteiger partial charge in [0.25, 0.3) is 0 Å². The standard InChI is InChI=1S/C26H25F2N3O5/c1-29-10-15-23-19(31-26(15)36-21-12-35-24-20(32)11-34-25(21)24)3-2-18(30-23)22-16(27)8-14(9-17(22)28)13-4-6-33-7-5-13/h2-4,8-10,20-21,24-25,31-32H,5-7,11-12H2,1H3/t20-,21-,24?,25-/m1/s1. The van der Waals surface area contributed by atoms with Crippen molar-refractivity contribution in [2.24, 2.45) is 4.99 Å². The van der Waals surface area contributed by atoms with Crippen LogP contribution in [0.15, 0.2) is 35.3 Å². The van der Waals surface area contributed by atoms with Crippen molar-refractivity contribution >= 4 is 22.8 Å². The normalized spacial score (nSPS) is 26.1. The predicted octanol–water partition coefficient (Wildman–Crippen LogP) is 3.27. The van der Waals surface area contributed by atoms with Crippen LogP contribution in [0, 0.1) is 11.6 Å². The first-order chi connectivity index (χ1) is 17.5. The van der Waals surface area contributed by atoms with Crippen molar-refractivity contribution < 1.29 is 32.8 Å². The molecule has 3 aromatic rings. The number of nitrogens with zero attached hydrogens (tertiary/aromatic N) is 2. The van der Waals surface area contributed by atoms with Gasteiger partial charge in [0.1, 0.15) is 35.5 Å². The highest BCUT2D eigenvalue weighted by Crippen LogP contribution is 2.35. The van der Waals surface area contributed by atoms with E-state index in [1.165, 1.54) is 12.1 Å². The van der Waals surface area contributed by atoms with E-state index in [0.29, 0.717) is 47.7 Å². The molecule has 0 saturated carbocycles. The number of hydrogen-bond acceptors (Lipinski definition) is 7. The third-order valence-electron chi connectivity index (χ3n) is 6.78. The second-order valence-corrected chi connectivity index (χ2v) is 9.04. The molecule has 188 valence electrons. The number of aliphatic imine (C=N–C) groups is 1. The van der Waals surface area contributed by atoms with Crippen LogP contribution in [0.4, 0.5) is 8.78 Å². The molecule has 1 unspecified atom stereocenters. The molecule has 0 bridgehead atoms. The summed E-state index contributed by atoms with van der Waals surface area (Å²) in [4.78, 5) is 11.9. The molecule has 2 fully saturated rings. The van der Waals surface area contributed by atoms with E-state index in [1.807, 2.05) is 6.08 Å². The summed E-state index contributed by atoms with van der Waals surface area (Å²) in [6.45, 7) is 1.40. The molecule has 4 atom stereocenters. The van der Waals surface area contributed by atoms with Gasteiger partial charge in [0, 0.05) is 13.3 Å². The molecule has 8 nitrogen and oxygen atoms in total. The van der Waals surface area contributed by atoms with E-state index < -0.39 is 36.1 Å². The number of aliphatic hydroxyl groups excluding tert-OH is 1. The number of fused-ring (bicyclic) bond motifs is 2. The topological polar surface area (TPSA) is 98.2 Å². The van der Waals surface area contributed by atoms with Crippen LogP contribution in [0.3, 0.4) is 0 Å². The first kappa shape index (κ1) is 23.2. The van der Waals surface area contributed by atoms with Gasteiger partial charge < -0.3 is 29.0 Å². The number of nitrogens with one attached hydrogen (secondary N) is 1. The molecule has 3 aliphatic heterocycles. The quantitative estimate of drug-likeness (QED) is 0.525. The van der Waals surface area contributed by atoms with Crippen LogP contribution in [0.25, 0.3) is 27.9 Å². The molecular formula is C26H25F2N3O5. The fraction of sp³-hybridized carbons (Fsp3) is 0.385. The largest absolute Gasteiger partial charge is 0.470 e. The average Bonchev–Trinajstić information content (AvgIpc) is 3.55. The second-order valence-electron chi connectivity index (χ2n) is 9.04. The molecule has 6 rings (SSSR count). The molecule has 2 N–H and O–H groups in total. The number of pyridine rings is 1. The van der Waals surface area contributed by atoms with Crippen LogP contribution >= 0.6 is 0 Å². The minimum Gasteiger partial charge on any atom is -0.470 e. The van der Waals surface area contributed by atoms with Crippen molar-refractivity contribution in [2.45, 2.75) is 30.8 Å². The molecule has 36 heavy (non-hydrogen) atoms. The fourth-order valence-electron chi connectivity index (χ4n) is 5.03. The Kier molecular flexibility index (Phi) is 6.04. The van der Waals surface area contributed by atoms with Gasteiger partial charge in [0.05, 0.1) is 48.8 Å². The molecule has 3 aliphatic rings. The number of aliphatic hydroxyl groups is 1. The lowest BCUT2D eigenvalue weighted by atomic mass is 9.98. The number of benzene rings is 1. The van der Waals surface area contributed by atoms with Gasteiger partial charge in [-0.1, -0.05) is 6.08 Å². The van der Waals surface area contributed by atoms with E-state index >= 15 is 8.78 Å². The zero-order valence-electron chi connectivity index (χ0n) is 19.5. The molecule has 5 heterocycles. The van der Waals surface area contributed by atoms with Gasteiger partial charge in [0.2, 0.25) is 5.88 Å². The van der Waals surface area contributed by atoms with E-state index in [-0.39, 0.29) is 24.5 Å². The summed E-state index contributed by atoms with van der Waals surface area (Å²) in [5, 5.41) is 10.00. The average molecular weight is 497 g/mol. The summed E-state index contributed by atoms with van der Waals surface area (Å²) in [6, 6.07) is 5.95. The number of halogens is 2. The van der Waals surface area contributed by atoms with Crippen molar-refractivity contribution in [2.75, 3.05) is 33.5 Å². The Hall–Kier alpha value is -3.18.